The van der Waals surface area contributed by atoms with Crippen LogP contribution in [0.4, 0.5) is 0 Å². The first-order chi connectivity index (χ1) is 29.4. The molecule has 0 saturated heterocycles. The van der Waals surface area contributed by atoms with Crippen molar-refractivity contribution in [3.05, 3.63) is 0 Å². The summed E-state index contributed by atoms with van der Waals surface area (Å²) in [6.07, 6.45) is 64.4. The van der Waals surface area contributed by atoms with Gasteiger partial charge in [-0.3, -0.25) is 0 Å². The Kier molecular flexibility index (Phi) is 48.2. The van der Waals surface area contributed by atoms with Crippen LogP contribution in [0.2, 0.25) is 0 Å². The largest absolute Gasteiger partial charge is 0.748 e. The van der Waals surface area contributed by atoms with E-state index in [2.05, 4.69) is 20.8 Å². The summed E-state index contributed by atoms with van der Waals surface area (Å²) in [5.41, 5.74) is 0. The summed E-state index contributed by atoms with van der Waals surface area (Å²) in [6.45, 7) is 11.7. The average Bonchev–Trinajstić information content (AvgIpc) is 3.23. The highest BCUT2D eigenvalue weighted by Crippen LogP contribution is 2.22. The van der Waals surface area contributed by atoms with Crippen molar-refractivity contribution in [3.63, 3.8) is 0 Å². The van der Waals surface area contributed by atoms with E-state index in [0.717, 1.165) is 13.0 Å². The highest BCUT2D eigenvalue weighted by Gasteiger charge is 2.26. The van der Waals surface area contributed by atoms with E-state index in [0.29, 0.717) is 6.42 Å². The summed E-state index contributed by atoms with van der Waals surface area (Å²) in [5, 5.41) is 0. The van der Waals surface area contributed by atoms with Gasteiger partial charge in [-0.05, 0) is 51.4 Å². The van der Waals surface area contributed by atoms with Crippen molar-refractivity contribution >= 4 is 10.1 Å². The average molecular weight is 869 g/mol. The van der Waals surface area contributed by atoms with E-state index in [4.69, 9.17) is 0 Å². The molecule has 0 rings (SSSR count). The van der Waals surface area contributed by atoms with Crippen LogP contribution in [0.5, 0.6) is 0 Å². The third-order valence-electron chi connectivity index (χ3n) is 14.0. The predicted octanol–water partition coefficient (Wildman–Crippen LogP) is 18.7. The maximum atomic E-state index is 11.5. The molecule has 0 fully saturated rings. The number of hydrogen-bond donors (Lipinski definition) is 0. The van der Waals surface area contributed by atoms with Gasteiger partial charge in [0.05, 0.1) is 36.3 Å². The zero-order valence-electron chi connectivity index (χ0n) is 41.8. The summed E-state index contributed by atoms with van der Waals surface area (Å²) >= 11 is 0. The Labute approximate surface area is 380 Å². The zero-order valence-corrected chi connectivity index (χ0v) is 42.7. The van der Waals surface area contributed by atoms with Crippen molar-refractivity contribution in [2.24, 2.45) is 0 Å². The number of unbranched alkanes of at least 4 members (excludes halogenated alkanes) is 43. The van der Waals surface area contributed by atoms with Crippen LogP contribution in [0.1, 0.15) is 323 Å². The van der Waals surface area contributed by atoms with Crippen LogP contribution < -0.4 is 0 Å². The molecule has 0 spiro atoms. The molecule has 5 heteroatoms. The van der Waals surface area contributed by atoms with Gasteiger partial charge in [-0.25, -0.2) is 8.42 Å². The first-order valence-electron chi connectivity index (χ1n) is 28.2. The molecule has 60 heavy (non-hydrogen) atoms. The Morgan fingerprint density at radius 2 is 0.400 bits per heavy atom. The molecule has 0 radical (unpaired) electrons. The van der Waals surface area contributed by atoms with Crippen LogP contribution >= 0.6 is 0 Å². The van der Waals surface area contributed by atoms with Crippen molar-refractivity contribution in [1.29, 1.82) is 0 Å². The Hall–Kier alpha value is -0.130. The van der Waals surface area contributed by atoms with Gasteiger partial charge in [-0.2, -0.15) is 0 Å². The lowest BCUT2D eigenvalue weighted by molar-refractivity contribution is -0.929. The Bertz CT molecular complexity index is 824. The van der Waals surface area contributed by atoms with Gasteiger partial charge in [0.15, 0.2) is 0 Å². The fourth-order valence-corrected chi connectivity index (χ4v) is 10.4. The SMILES string of the molecule is CCCCCCCCCCCCCCCCC[N+](CCCCCCCCCCCCCCCCC)(CCCCCCCCCCCCCCCCC)CCCCS(=O)(=O)[O-]. The first-order valence-corrected chi connectivity index (χ1v) is 29.8. The van der Waals surface area contributed by atoms with Crippen LogP contribution in [0.3, 0.4) is 0 Å². The maximum absolute atomic E-state index is 11.5. The van der Waals surface area contributed by atoms with Gasteiger partial charge in [0.1, 0.15) is 0 Å². The fourth-order valence-electron chi connectivity index (χ4n) is 9.85. The summed E-state index contributed by atoms with van der Waals surface area (Å²) in [5.74, 6) is -0.191. The normalized spacial score (nSPS) is 12.3. The monoisotopic (exact) mass is 868 g/mol. The molecule has 4 nitrogen and oxygen atoms in total. The summed E-state index contributed by atoms with van der Waals surface area (Å²) < 4.78 is 35.6. The lowest BCUT2D eigenvalue weighted by Crippen LogP contribution is -2.51. The van der Waals surface area contributed by atoms with E-state index in [1.165, 1.54) is 313 Å². The molecule has 0 aromatic carbocycles. The van der Waals surface area contributed by atoms with Crippen LogP contribution in [-0.4, -0.2) is 49.4 Å². The van der Waals surface area contributed by atoms with Crippen LogP contribution in [0, 0.1) is 0 Å². The van der Waals surface area contributed by atoms with Crippen LogP contribution in [0.15, 0.2) is 0 Å². The second kappa shape index (κ2) is 48.3. The zero-order chi connectivity index (χ0) is 43.8. The molecule has 0 bridgehead atoms. The van der Waals surface area contributed by atoms with Gasteiger partial charge in [0, 0.05) is 5.75 Å². The molecule has 0 aromatic heterocycles. The quantitative estimate of drug-likeness (QED) is 0.0348. The molecular formula is C55H113NO3S. The number of rotatable bonds is 53. The van der Waals surface area contributed by atoms with Crippen molar-refractivity contribution in [3.8, 4) is 0 Å². The number of nitrogens with zero attached hydrogens (tertiary/aromatic N) is 1. The third kappa shape index (κ3) is 47.4. The number of quaternary nitrogens is 1. The lowest BCUT2D eigenvalue weighted by atomic mass is 10.0. The molecule has 0 aliphatic heterocycles. The minimum atomic E-state index is -4.13. The summed E-state index contributed by atoms with van der Waals surface area (Å²) in [6, 6.07) is 0. The smallest absolute Gasteiger partial charge is 0.0945 e. The molecule has 0 aromatic rings. The second-order valence-corrected chi connectivity index (χ2v) is 21.6. The molecule has 362 valence electrons. The van der Waals surface area contributed by atoms with Crippen molar-refractivity contribution in [2.45, 2.75) is 323 Å². The van der Waals surface area contributed by atoms with Crippen LogP contribution in [-0.2, 0) is 10.1 Å². The fraction of sp³-hybridized carbons (Fsp3) is 1.00. The van der Waals surface area contributed by atoms with Gasteiger partial charge in [-0.15, -0.1) is 0 Å². The van der Waals surface area contributed by atoms with Gasteiger partial charge >= 0.3 is 0 Å². The van der Waals surface area contributed by atoms with E-state index in [1.807, 2.05) is 0 Å². The minimum absolute atomic E-state index is 0.191. The van der Waals surface area contributed by atoms with E-state index in [-0.39, 0.29) is 5.75 Å². The van der Waals surface area contributed by atoms with E-state index in [1.54, 1.807) is 0 Å². The van der Waals surface area contributed by atoms with E-state index >= 15 is 0 Å². The minimum Gasteiger partial charge on any atom is -0.748 e. The molecule has 0 aliphatic carbocycles. The first kappa shape index (κ1) is 59.9. The van der Waals surface area contributed by atoms with Crippen LogP contribution in [0.25, 0.3) is 0 Å². The Morgan fingerprint density at radius 3 is 0.567 bits per heavy atom. The van der Waals surface area contributed by atoms with Gasteiger partial charge in [0.25, 0.3) is 0 Å². The standard InChI is InChI=1S/C55H113NO3S/c1-4-7-10-13-16-19-22-25-28-31-34-37-40-43-46-51-56(54-49-50-55-60(57,58)59,52-47-44-41-38-35-32-29-26-23-20-17-14-11-8-5-2)53-48-45-42-39-36-33-30-27-24-21-18-15-12-9-6-3/h4-55H2,1-3H3. The molecule has 0 atom stereocenters. The molecule has 0 unspecified atom stereocenters. The lowest BCUT2D eigenvalue weighted by Gasteiger charge is -2.40. The topological polar surface area (TPSA) is 57.2 Å². The van der Waals surface area contributed by atoms with Crippen molar-refractivity contribution < 1.29 is 17.5 Å². The highest BCUT2D eigenvalue weighted by atomic mass is 32.2. The predicted molar refractivity (Wildman–Crippen MR) is 268 cm³/mol. The molecule has 0 heterocycles. The van der Waals surface area contributed by atoms with E-state index in [9.17, 15) is 13.0 Å². The Balaban J connectivity index is 4.76. The molecule has 0 N–H and O–H groups in total. The summed E-state index contributed by atoms with van der Waals surface area (Å²) in [4.78, 5) is 0. The van der Waals surface area contributed by atoms with E-state index < -0.39 is 10.1 Å². The second-order valence-electron chi connectivity index (χ2n) is 20.1. The third-order valence-corrected chi connectivity index (χ3v) is 14.8. The van der Waals surface area contributed by atoms with Gasteiger partial charge in [-0.1, -0.05) is 271 Å². The van der Waals surface area contributed by atoms with Gasteiger partial charge in [0.2, 0.25) is 0 Å². The number of hydrogen-bond acceptors (Lipinski definition) is 3. The maximum Gasteiger partial charge on any atom is 0.0945 e. The molecular weight excluding hydrogens is 755 g/mol. The highest BCUT2D eigenvalue weighted by molar-refractivity contribution is 7.85. The van der Waals surface area contributed by atoms with Crippen molar-refractivity contribution in [2.75, 3.05) is 31.9 Å². The molecule has 0 aliphatic rings. The summed E-state index contributed by atoms with van der Waals surface area (Å²) in [7, 11) is -4.13. The Morgan fingerprint density at radius 1 is 0.250 bits per heavy atom. The van der Waals surface area contributed by atoms with Gasteiger partial charge < -0.3 is 9.04 Å². The van der Waals surface area contributed by atoms with Crippen molar-refractivity contribution in [1.82, 2.24) is 0 Å². The molecule has 0 amide bonds. The molecule has 0 saturated carbocycles.